The number of nitrogens with one attached hydrogen (secondary N) is 1. The number of aromatic amines is 1. The Labute approximate surface area is 139 Å². The summed E-state index contributed by atoms with van der Waals surface area (Å²) in [7, 11) is 0. The maximum absolute atomic E-state index is 4.27. The fourth-order valence-electron chi connectivity index (χ4n) is 2.02. The molecule has 120 valence electrons. The molecule has 0 saturated heterocycles. The van der Waals surface area contributed by atoms with E-state index in [9.17, 15) is 0 Å². The fourth-order valence-corrected chi connectivity index (χ4v) is 2.02. The van der Waals surface area contributed by atoms with Gasteiger partial charge in [-0.3, -0.25) is 10.1 Å². The predicted molar refractivity (Wildman–Crippen MR) is 99.1 cm³/mol. The van der Waals surface area contributed by atoms with Crippen molar-refractivity contribution in [1.82, 2.24) is 15.2 Å². The fraction of sp³-hybridized carbons (Fsp3) is 0.200. The van der Waals surface area contributed by atoms with Crippen LogP contribution in [-0.4, -0.2) is 15.2 Å². The Kier molecular flexibility index (Phi) is 8.08. The third kappa shape index (κ3) is 6.30. The first kappa shape index (κ1) is 18.4. The van der Waals surface area contributed by atoms with E-state index in [0.717, 1.165) is 22.3 Å². The van der Waals surface area contributed by atoms with Gasteiger partial charge in [0.1, 0.15) is 0 Å². The Bertz CT molecular complexity index is 671. The Morgan fingerprint density at radius 2 is 1.96 bits per heavy atom. The molecule has 0 fully saturated rings. The molecule has 1 heterocycles. The Balaban J connectivity index is 3.23. The first-order valence-electron chi connectivity index (χ1n) is 7.61. The summed E-state index contributed by atoms with van der Waals surface area (Å²) in [6, 6.07) is 1.80. The highest BCUT2D eigenvalue weighted by atomic mass is 15.1. The van der Waals surface area contributed by atoms with Crippen molar-refractivity contribution >= 4 is 5.57 Å². The number of rotatable bonds is 5. The number of hydrogen-bond donors (Lipinski definition) is 1. The van der Waals surface area contributed by atoms with Crippen LogP contribution in [0.1, 0.15) is 33.3 Å². The van der Waals surface area contributed by atoms with E-state index in [2.05, 4.69) is 47.8 Å². The second kappa shape index (κ2) is 10.1. The van der Waals surface area contributed by atoms with Gasteiger partial charge in [-0.2, -0.15) is 5.10 Å². The molecular formula is C20H25N3. The van der Waals surface area contributed by atoms with Gasteiger partial charge in [-0.25, -0.2) is 0 Å². The van der Waals surface area contributed by atoms with Crippen LogP contribution in [0.5, 0.6) is 0 Å². The summed E-state index contributed by atoms with van der Waals surface area (Å²) in [5.74, 6) is 0. The maximum Gasteiger partial charge on any atom is 0.0566 e. The molecular weight excluding hydrogens is 282 g/mol. The van der Waals surface area contributed by atoms with Gasteiger partial charge in [-0.05, 0) is 50.5 Å². The van der Waals surface area contributed by atoms with Gasteiger partial charge in [-0.15, -0.1) is 0 Å². The molecule has 0 unspecified atom stereocenters. The van der Waals surface area contributed by atoms with Crippen LogP contribution in [0.4, 0.5) is 0 Å². The molecule has 23 heavy (non-hydrogen) atoms. The standard InChI is InChI=1S/C20H25N3/c1-6-19(17(5)11-8-10-16(3)4)20(7-2)18-14-21-12-9-13-22-23-15-18/h6-15,22H,5H2,1-4H3/b11-8-,13-9?,18-14?,19-6-,20-7-,21-12?,23-15?. The number of hydrogen-bond acceptors (Lipinski definition) is 2. The predicted octanol–water partition coefficient (Wildman–Crippen LogP) is 5.36. The maximum atomic E-state index is 4.27. The van der Waals surface area contributed by atoms with Gasteiger partial charge in [0.15, 0.2) is 0 Å². The van der Waals surface area contributed by atoms with E-state index in [1.807, 2.05) is 32.1 Å². The van der Waals surface area contributed by atoms with Gasteiger partial charge in [-0.1, -0.05) is 42.5 Å². The first-order valence-corrected chi connectivity index (χ1v) is 7.61. The zero-order chi connectivity index (χ0) is 17.1. The van der Waals surface area contributed by atoms with E-state index in [4.69, 9.17) is 0 Å². The summed E-state index contributed by atoms with van der Waals surface area (Å²) in [5, 5.41) is 7.00. The monoisotopic (exact) mass is 307 g/mol. The summed E-state index contributed by atoms with van der Waals surface area (Å²) in [6.45, 7) is 12.3. The lowest BCUT2D eigenvalue weighted by Gasteiger charge is -2.11. The minimum Gasteiger partial charge on any atom is -0.286 e. The zero-order valence-corrected chi connectivity index (χ0v) is 14.4. The number of nitrogens with zero attached hydrogens (tertiary/aromatic N) is 2. The van der Waals surface area contributed by atoms with E-state index in [-0.39, 0.29) is 0 Å². The molecule has 1 rings (SSSR count). The molecule has 0 radical (unpaired) electrons. The highest BCUT2D eigenvalue weighted by molar-refractivity contribution is 5.83. The van der Waals surface area contributed by atoms with Crippen LogP contribution in [-0.2, 0) is 0 Å². The number of allylic oxidation sites excluding steroid dienone is 9. The van der Waals surface area contributed by atoms with Gasteiger partial charge in [0.05, 0.1) is 6.20 Å². The molecule has 0 aliphatic heterocycles. The molecule has 0 aliphatic rings. The van der Waals surface area contributed by atoms with Gasteiger partial charge in [0.2, 0.25) is 0 Å². The Morgan fingerprint density at radius 1 is 1.17 bits per heavy atom. The van der Waals surface area contributed by atoms with Crippen molar-refractivity contribution in [2.45, 2.75) is 27.7 Å². The topological polar surface area (TPSA) is 41.6 Å². The smallest absolute Gasteiger partial charge is 0.0566 e. The molecule has 1 aromatic heterocycles. The van der Waals surface area contributed by atoms with Gasteiger partial charge in [0.25, 0.3) is 0 Å². The van der Waals surface area contributed by atoms with Crippen molar-refractivity contribution in [2.75, 3.05) is 0 Å². The van der Waals surface area contributed by atoms with Crippen LogP contribution in [0.2, 0.25) is 0 Å². The average molecular weight is 307 g/mol. The molecule has 0 aliphatic carbocycles. The van der Waals surface area contributed by atoms with Gasteiger partial charge in [0, 0.05) is 24.2 Å². The molecule has 0 bridgehead atoms. The molecule has 3 nitrogen and oxygen atoms in total. The molecule has 0 atom stereocenters. The highest BCUT2D eigenvalue weighted by Crippen LogP contribution is 2.27. The molecule has 0 spiro atoms. The van der Waals surface area contributed by atoms with Crippen LogP contribution in [0.25, 0.3) is 5.57 Å². The van der Waals surface area contributed by atoms with Crippen LogP contribution < -0.4 is 0 Å². The first-order chi connectivity index (χ1) is 11.1. The minimum atomic E-state index is 0.921. The van der Waals surface area contributed by atoms with E-state index in [1.54, 1.807) is 30.9 Å². The van der Waals surface area contributed by atoms with Crippen molar-refractivity contribution < 1.29 is 0 Å². The summed E-state index contributed by atoms with van der Waals surface area (Å²) in [5.41, 5.74) is 5.23. The Hall–Kier alpha value is -2.68. The normalized spacial score (nSPS) is 12.0. The van der Waals surface area contributed by atoms with Gasteiger partial charge >= 0.3 is 0 Å². The quantitative estimate of drug-likeness (QED) is 0.744. The van der Waals surface area contributed by atoms with Crippen LogP contribution in [0, 0.1) is 0 Å². The third-order valence-corrected chi connectivity index (χ3v) is 3.09. The SMILES string of the molecule is C=C(/C=C\C=C(C)C)C(=C/C)/C(=C\C)c1cnccc[nH]nc1. The van der Waals surface area contributed by atoms with Crippen molar-refractivity contribution in [1.29, 1.82) is 0 Å². The highest BCUT2D eigenvalue weighted by Gasteiger charge is 2.08. The lowest BCUT2D eigenvalue weighted by atomic mass is 9.94. The van der Waals surface area contributed by atoms with Crippen molar-refractivity contribution in [2.24, 2.45) is 0 Å². The minimum absolute atomic E-state index is 0.921. The summed E-state index contributed by atoms with van der Waals surface area (Å²) in [4.78, 5) is 4.27. The van der Waals surface area contributed by atoms with Crippen LogP contribution in [0.15, 0.2) is 84.5 Å². The van der Waals surface area contributed by atoms with Gasteiger partial charge < -0.3 is 0 Å². The van der Waals surface area contributed by atoms with Crippen LogP contribution >= 0.6 is 0 Å². The molecule has 0 aromatic carbocycles. The lowest BCUT2D eigenvalue weighted by Crippen LogP contribution is -1.92. The van der Waals surface area contributed by atoms with E-state index in [0.29, 0.717) is 0 Å². The Morgan fingerprint density at radius 3 is 2.61 bits per heavy atom. The van der Waals surface area contributed by atoms with E-state index >= 15 is 0 Å². The summed E-state index contributed by atoms with van der Waals surface area (Å²) < 4.78 is 0. The number of H-pyrrole nitrogens is 1. The third-order valence-electron chi connectivity index (χ3n) is 3.09. The zero-order valence-electron chi connectivity index (χ0n) is 14.4. The van der Waals surface area contributed by atoms with Crippen molar-refractivity contribution in [3.8, 4) is 0 Å². The largest absolute Gasteiger partial charge is 0.286 e. The second-order valence-corrected chi connectivity index (χ2v) is 5.16. The van der Waals surface area contributed by atoms with Crippen LogP contribution in [0.3, 0.4) is 0 Å². The average Bonchev–Trinajstić information content (AvgIpc) is 2.65. The lowest BCUT2D eigenvalue weighted by molar-refractivity contribution is 1.04. The van der Waals surface area contributed by atoms with E-state index < -0.39 is 0 Å². The molecule has 1 N–H and O–H groups in total. The van der Waals surface area contributed by atoms with Crippen molar-refractivity contribution in [3.05, 3.63) is 90.1 Å². The molecule has 1 aromatic rings. The number of aromatic nitrogens is 3. The molecule has 0 amide bonds. The summed E-state index contributed by atoms with van der Waals surface area (Å²) in [6.07, 6.45) is 17.2. The van der Waals surface area contributed by atoms with Crippen molar-refractivity contribution in [3.63, 3.8) is 0 Å². The van der Waals surface area contributed by atoms with E-state index in [1.165, 1.54) is 5.57 Å². The molecule has 3 heteroatoms. The summed E-state index contributed by atoms with van der Waals surface area (Å²) >= 11 is 0. The second-order valence-electron chi connectivity index (χ2n) is 5.16. The molecule has 0 saturated carbocycles.